The van der Waals surface area contributed by atoms with Crippen LogP contribution in [0, 0.1) is 0 Å². The van der Waals surface area contributed by atoms with Gasteiger partial charge in [0, 0.05) is 31.4 Å². The third kappa shape index (κ3) is 6.40. The van der Waals surface area contributed by atoms with E-state index >= 15 is 0 Å². The van der Waals surface area contributed by atoms with Crippen LogP contribution < -0.4 is 10.0 Å². The second-order valence-electron chi connectivity index (χ2n) is 3.79. The minimum Gasteiger partial charge on any atom is -0.348 e. The molecule has 0 unspecified atom stereocenters. The van der Waals surface area contributed by atoms with Crippen molar-refractivity contribution >= 4 is 10.0 Å². The Bertz CT molecular complexity index is 388. The number of hydrogen-bond donors (Lipinski definition) is 3. The van der Waals surface area contributed by atoms with Crippen LogP contribution in [0.25, 0.3) is 0 Å². The fourth-order valence-corrected chi connectivity index (χ4v) is 2.31. The van der Waals surface area contributed by atoms with Gasteiger partial charge in [-0.15, -0.1) is 0 Å². The third-order valence-corrected chi connectivity index (χ3v) is 3.63. The minimum atomic E-state index is -3.16. The highest BCUT2D eigenvalue weighted by atomic mass is 32.2. The summed E-state index contributed by atoms with van der Waals surface area (Å²) in [6.07, 6.45) is 4.91. The lowest BCUT2D eigenvalue weighted by molar-refractivity contribution is 0.576. The zero-order valence-corrected chi connectivity index (χ0v) is 10.9. The highest BCUT2D eigenvalue weighted by Crippen LogP contribution is 1.92. The Kier molecular flexibility index (Phi) is 6.17. The van der Waals surface area contributed by atoms with E-state index in [9.17, 15) is 8.42 Å². The van der Waals surface area contributed by atoms with Gasteiger partial charge >= 0.3 is 0 Å². The van der Waals surface area contributed by atoms with E-state index in [1.807, 2.05) is 6.92 Å². The molecule has 0 saturated heterocycles. The molecule has 1 aromatic heterocycles. The molecule has 0 aliphatic rings. The maximum atomic E-state index is 11.5. The second-order valence-corrected chi connectivity index (χ2v) is 5.72. The van der Waals surface area contributed by atoms with Crippen molar-refractivity contribution in [2.24, 2.45) is 0 Å². The molecule has 0 spiro atoms. The topological polar surface area (TPSA) is 86.9 Å². The van der Waals surface area contributed by atoms with Crippen molar-refractivity contribution in [1.29, 1.82) is 0 Å². The second kappa shape index (κ2) is 7.41. The SMILES string of the molecule is CCCNCCS(=O)(=O)NCCc1cnc[nH]1. The van der Waals surface area contributed by atoms with Gasteiger partial charge in [0.15, 0.2) is 0 Å². The number of imidazole rings is 1. The van der Waals surface area contributed by atoms with Crippen LogP contribution in [0.5, 0.6) is 0 Å². The smallest absolute Gasteiger partial charge is 0.212 e. The van der Waals surface area contributed by atoms with Crippen molar-refractivity contribution < 1.29 is 8.42 Å². The average Bonchev–Trinajstić information content (AvgIpc) is 2.77. The van der Waals surface area contributed by atoms with Gasteiger partial charge in [0.2, 0.25) is 10.0 Å². The largest absolute Gasteiger partial charge is 0.348 e. The van der Waals surface area contributed by atoms with Gasteiger partial charge in [-0.1, -0.05) is 6.92 Å². The monoisotopic (exact) mass is 260 g/mol. The molecule has 0 bridgehead atoms. The molecular formula is C10H20N4O2S. The molecule has 0 amide bonds. The van der Waals surface area contributed by atoms with E-state index in [2.05, 4.69) is 20.0 Å². The van der Waals surface area contributed by atoms with E-state index in [1.54, 1.807) is 12.5 Å². The number of rotatable bonds is 9. The molecule has 6 nitrogen and oxygen atoms in total. The van der Waals surface area contributed by atoms with Crippen molar-refractivity contribution in [1.82, 2.24) is 20.0 Å². The van der Waals surface area contributed by atoms with Gasteiger partial charge in [0.05, 0.1) is 12.1 Å². The first-order valence-electron chi connectivity index (χ1n) is 5.79. The van der Waals surface area contributed by atoms with Crippen molar-refractivity contribution in [2.45, 2.75) is 19.8 Å². The Morgan fingerprint density at radius 3 is 2.82 bits per heavy atom. The molecule has 1 heterocycles. The molecule has 3 N–H and O–H groups in total. The van der Waals surface area contributed by atoms with Crippen molar-refractivity contribution in [3.63, 3.8) is 0 Å². The van der Waals surface area contributed by atoms with Gasteiger partial charge in [-0.25, -0.2) is 18.1 Å². The third-order valence-electron chi connectivity index (χ3n) is 2.25. The molecule has 1 aromatic rings. The van der Waals surface area contributed by atoms with Crippen LogP contribution in [0.1, 0.15) is 19.0 Å². The number of aromatic amines is 1. The van der Waals surface area contributed by atoms with E-state index < -0.39 is 10.0 Å². The van der Waals surface area contributed by atoms with Gasteiger partial charge < -0.3 is 10.3 Å². The molecule has 0 aliphatic carbocycles. The molecule has 0 aliphatic heterocycles. The summed E-state index contributed by atoms with van der Waals surface area (Å²) in [5.74, 6) is 0.121. The number of nitrogens with one attached hydrogen (secondary N) is 3. The summed E-state index contributed by atoms with van der Waals surface area (Å²) >= 11 is 0. The molecule has 0 saturated carbocycles. The highest BCUT2D eigenvalue weighted by Gasteiger charge is 2.08. The zero-order chi connectivity index (χ0) is 12.6. The molecule has 0 fully saturated rings. The standard InChI is InChI=1S/C10H20N4O2S/c1-2-4-11-6-7-17(15,16)14-5-3-10-8-12-9-13-10/h8-9,11,14H,2-7H2,1H3,(H,12,13). The Hall–Kier alpha value is -0.920. The van der Waals surface area contributed by atoms with E-state index in [4.69, 9.17) is 0 Å². The molecule has 98 valence electrons. The molecule has 7 heteroatoms. The maximum Gasteiger partial charge on any atom is 0.212 e. The summed E-state index contributed by atoms with van der Waals surface area (Å²) in [4.78, 5) is 6.79. The van der Waals surface area contributed by atoms with Crippen LogP contribution in [0.3, 0.4) is 0 Å². The number of hydrogen-bond acceptors (Lipinski definition) is 4. The van der Waals surface area contributed by atoms with Crippen molar-refractivity contribution in [2.75, 3.05) is 25.4 Å². The number of nitrogens with zero attached hydrogens (tertiary/aromatic N) is 1. The number of aromatic nitrogens is 2. The summed E-state index contributed by atoms with van der Waals surface area (Å²) in [5, 5.41) is 3.06. The number of sulfonamides is 1. The summed E-state index contributed by atoms with van der Waals surface area (Å²) in [7, 11) is -3.16. The van der Waals surface area contributed by atoms with Crippen molar-refractivity contribution in [3.05, 3.63) is 18.2 Å². The predicted octanol–water partition coefficient (Wildman–Crippen LogP) is -0.129. The molecule has 1 rings (SSSR count). The molecule has 0 radical (unpaired) electrons. The quantitative estimate of drug-likeness (QED) is 0.540. The van der Waals surface area contributed by atoms with E-state index in [-0.39, 0.29) is 5.75 Å². The Balaban J connectivity index is 2.16. The first kappa shape index (κ1) is 14.1. The molecule has 17 heavy (non-hydrogen) atoms. The van der Waals surface area contributed by atoms with Gasteiger partial charge in [0.25, 0.3) is 0 Å². The fourth-order valence-electron chi connectivity index (χ4n) is 1.34. The lowest BCUT2D eigenvalue weighted by atomic mass is 10.3. The normalized spacial score (nSPS) is 11.8. The van der Waals surface area contributed by atoms with Gasteiger partial charge in [0.1, 0.15) is 0 Å². The van der Waals surface area contributed by atoms with Gasteiger partial charge in [-0.05, 0) is 13.0 Å². The van der Waals surface area contributed by atoms with E-state index in [0.29, 0.717) is 19.5 Å². The van der Waals surface area contributed by atoms with Crippen LogP contribution >= 0.6 is 0 Å². The van der Waals surface area contributed by atoms with Crippen LogP contribution in [0.2, 0.25) is 0 Å². The molecular weight excluding hydrogens is 240 g/mol. The first-order valence-corrected chi connectivity index (χ1v) is 7.44. The number of H-pyrrole nitrogens is 1. The zero-order valence-electron chi connectivity index (χ0n) is 10.1. The first-order chi connectivity index (χ1) is 8.14. The van der Waals surface area contributed by atoms with Crippen molar-refractivity contribution in [3.8, 4) is 0 Å². The molecule has 0 aromatic carbocycles. The Morgan fingerprint density at radius 2 is 2.18 bits per heavy atom. The van der Waals surface area contributed by atoms with Gasteiger partial charge in [-0.3, -0.25) is 0 Å². The van der Waals surface area contributed by atoms with E-state index in [1.165, 1.54) is 0 Å². The fraction of sp³-hybridized carbons (Fsp3) is 0.700. The highest BCUT2D eigenvalue weighted by molar-refractivity contribution is 7.89. The summed E-state index contributed by atoms with van der Waals surface area (Å²) in [6.45, 7) is 3.79. The predicted molar refractivity (Wildman–Crippen MR) is 67.2 cm³/mol. The maximum absolute atomic E-state index is 11.5. The van der Waals surface area contributed by atoms with Crippen LogP contribution in [-0.2, 0) is 16.4 Å². The lowest BCUT2D eigenvalue weighted by Gasteiger charge is -2.06. The summed E-state index contributed by atoms with van der Waals surface area (Å²) in [6, 6.07) is 0. The minimum absolute atomic E-state index is 0.121. The van der Waals surface area contributed by atoms with Crippen LogP contribution in [0.4, 0.5) is 0 Å². The lowest BCUT2D eigenvalue weighted by Crippen LogP contribution is -2.33. The van der Waals surface area contributed by atoms with Crippen LogP contribution in [-0.4, -0.2) is 43.8 Å². The van der Waals surface area contributed by atoms with Gasteiger partial charge in [-0.2, -0.15) is 0 Å². The Morgan fingerprint density at radius 1 is 1.35 bits per heavy atom. The summed E-state index contributed by atoms with van der Waals surface area (Å²) in [5.41, 5.74) is 0.928. The average molecular weight is 260 g/mol. The van der Waals surface area contributed by atoms with E-state index in [0.717, 1.165) is 18.7 Å². The van der Waals surface area contributed by atoms with Crippen LogP contribution in [0.15, 0.2) is 12.5 Å². The molecule has 0 atom stereocenters. The summed E-state index contributed by atoms with van der Waals surface area (Å²) < 4.78 is 25.6. The Labute approximate surface area is 102 Å².